The Balaban J connectivity index is 1.61. The first kappa shape index (κ1) is 24.2. The van der Waals surface area contributed by atoms with Crippen molar-refractivity contribution in [3.05, 3.63) is 103 Å². The summed E-state index contributed by atoms with van der Waals surface area (Å²) in [6.45, 7) is 7.29. The van der Waals surface area contributed by atoms with Gasteiger partial charge in [-0.3, -0.25) is 9.59 Å². The van der Waals surface area contributed by atoms with Crippen LogP contribution in [0.5, 0.6) is 5.75 Å². The summed E-state index contributed by atoms with van der Waals surface area (Å²) in [5.41, 5.74) is 1.89. The number of rotatable bonds is 2. The van der Waals surface area contributed by atoms with Crippen LogP contribution >= 0.6 is 0 Å². The first-order valence-corrected chi connectivity index (χ1v) is 12.8. The van der Waals surface area contributed by atoms with E-state index >= 15 is 0 Å². The number of ketones is 2. The standard InChI is InChI=1S/C30H29N3O5/c1-16-12-19(13-17(2)26(16)35)25-21-10-11-31-28(37)32(20-8-6-5-7-9-20)29(38)33(31)23(21)15-22-27(36)18(3)14-24(34)30(22,25)4/h5-10,12-14,22-23,25,35H,11,15H2,1-4H3. The maximum Gasteiger partial charge on any atom is 0.352 e. The number of aryl methyl sites for hydroxylation is 2. The number of carbonyl (C=O) groups is 2. The monoisotopic (exact) mass is 511 g/mol. The number of para-hydroxylation sites is 1. The maximum atomic E-state index is 13.8. The maximum absolute atomic E-state index is 13.8. The third-order valence-electron chi connectivity index (χ3n) is 8.80. The molecule has 38 heavy (non-hydrogen) atoms. The highest BCUT2D eigenvalue weighted by Crippen LogP contribution is 2.59. The number of Topliss-reactive ketones (excluding diaryl/α,β-unsaturated/α-hetero) is 1. The molecule has 2 aromatic carbocycles. The molecule has 1 saturated carbocycles. The van der Waals surface area contributed by atoms with E-state index in [-0.39, 0.29) is 30.3 Å². The summed E-state index contributed by atoms with van der Waals surface area (Å²) in [4.78, 5) is 54.6. The molecule has 2 aliphatic carbocycles. The summed E-state index contributed by atoms with van der Waals surface area (Å²) in [6, 6.07) is 11.9. The highest BCUT2D eigenvalue weighted by Gasteiger charge is 2.59. The number of hydrogen-bond acceptors (Lipinski definition) is 5. The minimum atomic E-state index is -1.07. The van der Waals surface area contributed by atoms with Crippen molar-refractivity contribution >= 4 is 11.6 Å². The molecule has 1 aromatic heterocycles. The second-order valence-corrected chi connectivity index (χ2v) is 10.9. The Morgan fingerprint density at radius 2 is 1.61 bits per heavy atom. The molecular weight excluding hydrogens is 482 g/mol. The number of nitrogens with zero attached hydrogens (tertiary/aromatic N) is 3. The lowest BCUT2D eigenvalue weighted by atomic mass is 9.51. The molecule has 4 unspecified atom stereocenters. The second kappa shape index (κ2) is 8.15. The van der Waals surface area contributed by atoms with Gasteiger partial charge >= 0.3 is 11.4 Å². The van der Waals surface area contributed by atoms with Crippen LogP contribution in [0.3, 0.4) is 0 Å². The van der Waals surface area contributed by atoms with Gasteiger partial charge in [-0.2, -0.15) is 0 Å². The Bertz CT molecular complexity index is 1700. The molecule has 194 valence electrons. The quantitative estimate of drug-likeness (QED) is 0.531. The van der Waals surface area contributed by atoms with E-state index in [1.807, 2.05) is 31.2 Å². The lowest BCUT2D eigenvalue weighted by Gasteiger charge is -2.52. The van der Waals surface area contributed by atoms with Crippen LogP contribution in [0.2, 0.25) is 0 Å². The summed E-state index contributed by atoms with van der Waals surface area (Å²) in [6.07, 6.45) is 3.62. The molecule has 8 heteroatoms. The molecule has 4 atom stereocenters. The number of allylic oxidation sites excluding steroid dienone is 4. The van der Waals surface area contributed by atoms with E-state index in [1.54, 1.807) is 45.0 Å². The Morgan fingerprint density at radius 3 is 2.26 bits per heavy atom. The Labute approximate surface area is 219 Å². The molecule has 0 spiro atoms. The minimum Gasteiger partial charge on any atom is -0.507 e. The van der Waals surface area contributed by atoms with Crippen molar-refractivity contribution in [3.8, 4) is 11.4 Å². The van der Waals surface area contributed by atoms with Gasteiger partial charge in [0.1, 0.15) is 5.75 Å². The third-order valence-corrected chi connectivity index (χ3v) is 8.80. The molecule has 0 amide bonds. The van der Waals surface area contributed by atoms with Gasteiger partial charge in [-0.15, -0.1) is 0 Å². The van der Waals surface area contributed by atoms with Crippen LogP contribution in [0.25, 0.3) is 5.69 Å². The van der Waals surface area contributed by atoms with Gasteiger partial charge in [-0.05, 0) is 73.2 Å². The number of aromatic hydroxyl groups is 1. The van der Waals surface area contributed by atoms with Crippen LogP contribution in [0.15, 0.2) is 75.4 Å². The summed E-state index contributed by atoms with van der Waals surface area (Å²) in [5, 5.41) is 10.5. The molecule has 8 nitrogen and oxygen atoms in total. The van der Waals surface area contributed by atoms with Gasteiger partial charge in [0.05, 0.1) is 23.7 Å². The van der Waals surface area contributed by atoms with E-state index in [1.165, 1.54) is 15.4 Å². The molecule has 1 aliphatic heterocycles. The topological polar surface area (TPSA) is 103 Å². The zero-order valence-corrected chi connectivity index (χ0v) is 21.8. The van der Waals surface area contributed by atoms with Gasteiger partial charge in [0.15, 0.2) is 11.6 Å². The lowest BCUT2D eigenvalue weighted by Crippen LogP contribution is -2.54. The van der Waals surface area contributed by atoms with Crippen LogP contribution in [0.4, 0.5) is 0 Å². The first-order chi connectivity index (χ1) is 18.1. The highest BCUT2D eigenvalue weighted by molar-refractivity contribution is 6.13. The van der Waals surface area contributed by atoms with Gasteiger partial charge in [0.25, 0.3) is 0 Å². The molecule has 6 rings (SSSR count). The van der Waals surface area contributed by atoms with Crippen LogP contribution in [0, 0.1) is 25.2 Å². The highest BCUT2D eigenvalue weighted by atomic mass is 16.3. The van der Waals surface area contributed by atoms with Crippen molar-refractivity contribution in [3.63, 3.8) is 0 Å². The molecule has 1 fully saturated rings. The third kappa shape index (κ3) is 3.09. The zero-order valence-electron chi connectivity index (χ0n) is 21.8. The van der Waals surface area contributed by atoms with Gasteiger partial charge in [-0.25, -0.2) is 23.5 Å². The fourth-order valence-electron chi connectivity index (χ4n) is 6.88. The number of carbonyl (C=O) groups excluding carboxylic acids is 2. The molecule has 2 heterocycles. The van der Waals surface area contributed by atoms with Crippen LogP contribution < -0.4 is 11.4 Å². The predicted octanol–water partition coefficient (Wildman–Crippen LogP) is 3.51. The largest absolute Gasteiger partial charge is 0.507 e. The Morgan fingerprint density at radius 1 is 0.947 bits per heavy atom. The molecule has 3 aromatic rings. The smallest absolute Gasteiger partial charge is 0.352 e. The summed E-state index contributed by atoms with van der Waals surface area (Å²) in [7, 11) is 0. The zero-order chi connectivity index (χ0) is 27.1. The molecule has 0 radical (unpaired) electrons. The van der Waals surface area contributed by atoms with Crippen molar-refractivity contribution in [2.24, 2.45) is 11.3 Å². The number of phenolic OH excluding ortho intramolecular Hbond substituents is 1. The van der Waals surface area contributed by atoms with Crippen molar-refractivity contribution in [1.82, 2.24) is 13.9 Å². The van der Waals surface area contributed by atoms with Crippen LogP contribution in [0.1, 0.15) is 48.9 Å². The number of phenols is 1. The predicted molar refractivity (Wildman–Crippen MR) is 142 cm³/mol. The van der Waals surface area contributed by atoms with Gasteiger partial charge in [0, 0.05) is 11.8 Å². The summed E-state index contributed by atoms with van der Waals surface area (Å²) >= 11 is 0. The lowest BCUT2D eigenvalue weighted by molar-refractivity contribution is -0.139. The van der Waals surface area contributed by atoms with Crippen molar-refractivity contribution < 1.29 is 14.7 Å². The van der Waals surface area contributed by atoms with Crippen molar-refractivity contribution in [1.29, 1.82) is 0 Å². The summed E-state index contributed by atoms with van der Waals surface area (Å²) in [5.74, 6) is -1.23. The van der Waals surface area contributed by atoms with Gasteiger partial charge in [0.2, 0.25) is 0 Å². The Hall–Kier alpha value is -4.20. The van der Waals surface area contributed by atoms with Crippen molar-refractivity contribution in [2.45, 2.75) is 52.6 Å². The van der Waals surface area contributed by atoms with E-state index < -0.39 is 34.7 Å². The first-order valence-electron chi connectivity index (χ1n) is 12.8. The van der Waals surface area contributed by atoms with E-state index in [2.05, 4.69) is 0 Å². The van der Waals surface area contributed by atoms with Crippen molar-refractivity contribution in [2.75, 3.05) is 0 Å². The number of benzene rings is 2. The average molecular weight is 512 g/mol. The van der Waals surface area contributed by atoms with E-state index in [0.717, 1.165) is 15.7 Å². The SMILES string of the molecule is CC1=CC(=O)C2(C)C(CC3C(=CCn4c(=O)n(-c5ccccc5)c(=O)n43)C2c2cc(C)c(O)c(C)c2)C1=O. The molecular formula is C30H29N3O5. The molecule has 0 saturated heterocycles. The van der Waals surface area contributed by atoms with Crippen LogP contribution in [-0.4, -0.2) is 30.6 Å². The van der Waals surface area contributed by atoms with E-state index in [9.17, 15) is 24.3 Å². The second-order valence-electron chi connectivity index (χ2n) is 10.9. The number of fused-ring (bicyclic) bond motifs is 4. The summed E-state index contributed by atoms with van der Waals surface area (Å²) < 4.78 is 4.06. The van der Waals surface area contributed by atoms with E-state index in [0.29, 0.717) is 22.4 Å². The Kier molecular flexibility index (Phi) is 5.18. The van der Waals surface area contributed by atoms with E-state index in [4.69, 9.17) is 0 Å². The van der Waals surface area contributed by atoms with Gasteiger partial charge < -0.3 is 5.11 Å². The fourth-order valence-corrected chi connectivity index (χ4v) is 6.88. The van der Waals surface area contributed by atoms with Gasteiger partial charge in [-0.1, -0.05) is 43.3 Å². The normalized spacial score (nSPS) is 26.3. The molecule has 3 aliphatic rings. The molecule has 0 bridgehead atoms. The fraction of sp³-hybridized carbons (Fsp3) is 0.333. The number of aromatic nitrogens is 3. The minimum absolute atomic E-state index is 0.113. The molecule has 1 N–H and O–H groups in total. The number of hydrogen-bond donors (Lipinski definition) is 1. The van der Waals surface area contributed by atoms with Crippen LogP contribution in [-0.2, 0) is 16.1 Å². The average Bonchev–Trinajstić information content (AvgIpc) is 3.15.